The molecule has 10 heteroatoms. The molecule has 0 atom stereocenters. The predicted octanol–water partition coefficient (Wildman–Crippen LogP) is 1.38. The minimum Gasteiger partial charge on any atom is -0.356 e. The van der Waals surface area contributed by atoms with Crippen molar-refractivity contribution in [2.24, 2.45) is 5.92 Å². The molecule has 0 spiro atoms. The van der Waals surface area contributed by atoms with E-state index in [9.17, 15) is 24.0 Å². The number of halogens is 1. The molecule has 1 saturated carbocycles. The molecule has 162 valence electrons. The molecule has 0 bridgehead atoms. The fourth-order valence-corrected chi connectivity index (χ4v) is 3.72. The fraction of sp³-hybridized carbons (Fsp3) is 0.737. The standard InChI is InChI=1S/C19H28IN3O6/c20-12-15(24)22-14-7-5-13(6-8-14)19(28)21-11-3-1-2-4-18(27)29-23-16(25)9-10-17(23)26/h13-14H,1-12H2,(H,21,28)(H,22,24). The Morgan fingerprint density at radius 2 is 1.66 bits per heavy atom. The first-order valence-electron chi connectivity index (χ1n) is 10.1. The van der Waals surface area contributed by atoms with Gasteiger partial charge in [0.25, 0.3) is 11.8 Å². The van der Waals surface area contributed by atoms with Crippen LogP contribution in [0.4, 0.5) is 0 Å². The first kappa shape index (κ1) is 23.6. The van der Waals surface area contributed by atoms with Gasteiger partial charge in [0.05, 0.1) is 4.43 Å². The summed E-state index contributed by atoms with van der Waals surface area (Å²) in [4.78, 5) is 62.9. The van der Waals surface area contributed by atoms with Crippen LogP contribution in [0.15, 0.2) is 0 Å². The summed E-state index contributed by atoms with van der Waals surface area (Å²) in [6, 6.07) is 0.173. The molecule has 1 heterocycles. The highest BCUT2D eigenvalue weighted by Crippen LogP contribution is 2.24. The van der Waals surface area contributed by atoms with Crippen molar-refractivity contribution in [3.8, 4) is 0 Å². The van der Waals surface area contributed by atoms with Gasteiger partial charge in [-0.25, -0.2) is 4.79 Å². The Labute approximate surface area is 183 Å². The normalized spacial score (nSPS) is 21.8. The Bertz CT molecular complexity index is 617. The monoisotopic (exact) mass is 521 g/mol. The maximum Gasteiger partial charge on any atom is 0.333 e. The van der Waals surface area contributed by atoms with Gasteiger partial charge >= 0.3 is 5.97 Å². The third kappa shape index (κ3) is 7.90. The molecule has 4 amide bonds. The quantitative estimate of drug-likeness (QED) is 0.194. The zero-order valence-corrected chi connectivity index (χ0v) is 18.6. The van der Waals surface area contributed by atoms with Crippen LogP contribution < -0.4 is 10.6 Å². The second-order valence-electron chi connectivity index (χ2n) is 7.40. The van der Waals surface area contributed by atoms with Crippen LogP contribution in [0, 0.1) is 5.92 Å². The van der Waals surface area contributed by atoms with Crippen molar-refractivity contribution in [2.75, 3.05) is 11.0 Å². The van der Waals surface area contributed by atoms with Crippen LogP contribution in [0.25, 0.3) is 0 Å². The lowest BCUT2D eigenvalue weighted by molar-refractivity contribution is -0.197. The van der Waals surface area contributed by atoms with Gasteiger partial charge in [0.1, 0.15) is 0 Å². The number of unbranched alkanes of at least 4 members (excludes halogenated alkanes) is 2. The largest absolute Gasteiger partial charge is 0.356 e. The summed E-state index contributed by atoms with van der Waals surface area (Å²) in [5.41, 5.74) is 0. The highest BCUT2D eigenvalue weighted by atomic mass is 127. The van der Waals surface area contributed by atoms with Crippen molar-refractivity contribution < 1.29 is 28.8 Å². The molecule has 0 aromatic carbocycles. The summed E-state index contributed by atoms with van der Waals surface area (Å²) >= 11 is 2.03. The summed E-state index contributed by atoms with van der Waals surface area (Å²) in [7, 11) is 0. The van der Waals surface area contributed by atoms with Gasteiger partial charge < -0.3 is 15.5 Å². The Hall–Kier alpha value is -1.72. The molecule has 2 aliphatic rings. The van der Waals surface area contributed by atoms with E-state index in [1.807, 2.05) is 22.6 Å². The van der Waals surface area contributed by atoms with Crippen molar-refractivity contribution in [1.29, 1.82) is 0 Å². The maximum atomic E-state index is 12.2. The van der Waals surface area contributed by atoms with E-state index in [0.717, 1.165) is 38.5 Å². The highest BCUT2D eigenvalue weighted by molar-refractivity contribution is 14.1. The number of hydrogen-bond acceptors (Lipinski definition) is 6. The summed E-state index contributed by atoms with van der Waals surface area (Å²) in [6.45, 7) is 0.544. The predicted molar refractivity (Wildman–Crippen MR) is 111 cm³/mol. The fourth-order valence-electron chi connectivity index (χ4n) is 3.50. The molecule has 0 unspecified atom stereocenters. The van der Waals surface area contributed by atoms with Gasteiger partial charge in [-0.15, -0.1) is 5.06 Å². The lowest BCUT2D eigenvalue weighted by atomic mass is 9.85. The first-order valence-corrected chi connectivity index (χ1v) is 11.6. The van der Waals surface area contributed by atoms with Crippen molar-refractivity contribution in [3.05, 3.63) is 0 Å². The number of hydroxylamine groups is 2. The van der Waals surface area contributed by atoms with Gasteiger partial charge in [-0.05, 0) is 38.5 Å². The number of amides is 4. The number of carbonyl (C=O) groups excluding carboxylic acids is 5. The van der Waals surface area contributed by atoms with Crippen LogP contribution in [-0.4, -0.2) is 51.7 Å². The van der Waals surface area contributed by atoms with E-state index < -0.39 is 17.8 Å². The molecular weight excluding hydrogens is 493 g/mol. The van der Waals surface area contributed by atoms with E-state index in [-0.39, 0.29) is 43.0 Å². The molecule has 0 aromatic rings. The van der Waals surface area contributed by atoms with E-state index in [2.05, 4.69) is 10.6 Å². The molecule has 1 saturated heterocycles. The van der Waals surface area contributed by atoms with Gasteiger partial charge in [0, 0.05) is 37.8 Å². The molecule has 1 aliphatic heterocycles. The minimum absolute atomic E-state index is 0.00623. The Balaban J connectivity index is 1.50. The molecule has 29 heavy (non-hydrogen) atoms. The van der Waals surface area contributed by atoms with E-state index in [1.54, 1.807) is 0 Å². The van der Waals surface area contributed by atoms with E-state index in [1.165, 1.54) is 0 Å². The lowest BCUT2D eigenvalue weighted by Gasteiger charge is -2.28. The first-order chi connectivity index (χ1) is 13.9. The summed E-state index contributed by atoms with van der Waals surface area (Å²) in [5, 5.41) is 6.47. The van der Waals surface area contributed by atoms with Crippen LogP contribution in [0.2, 0.25) is 0 Å². The average Bonchev–Trinajstić information content (AvgIpc) is 3.02. The SMILES string of the molecule is O=C(CI)NC1CCC(C(=O)NCCCCCC(=O)ON2C(=O)CCC2=O)CC1. The van der Waals surface area contributed by atoms with Crippen LogP contribution in [0.3, 0.4) is 0 Å². The van der Waals surface area contributed by atoms with Gasteiger partial charge in [-0.1, -0.05) is 29.0 Å². The zero-order chi connectivity index (χ0) is 21.2. The van der Waals surface area contributed by atoms with Crippen molar-refractivity contribution in [2.45, 2.75) is 70.3 Å². The summed E-state index contributed by atoms with van der Waals surface area (Å²) in [5.74, 6) is -1.47. The zero-order valence-electron chi connectivity index (χ0n) is 16.4. The van der Waals surface area contributed by atoms with E-state index in [0.29, 0.717) is 22.5 Å². The topological polar surface area (TPSA) is 122 Å². The molecule has 2 fully saturated rings. The van der Waals surface area contributed by atoms with Crippen LogP contribution in [0.5, 0.6) is 0 Å². The maximum absolute atomic E-state index is 12.2. The Morgan fingerprint density at radius 1 is 1.00 bits per heavy atom. The van der Waals surface area contributed by atoms with E-state index in [4.69, 9.17) is 4.84 Å². The number of hydrogen-bond donors (Lipinski definition) is 2. The third-order valence-electron chi connectivity index (χ3n) is 5.14. The third-order valence-corrected chi connectivity index (χ3v) is 5.83. The molecule has 9 nitrogen and oxygen atoms in total. The molecular formula is C19H28IN3O6. The lowest BCUT2D eigenvalue weighted by Crippen LogP contribution is -2.41. The van der Waals surface area contributed by atoms with Gasteiger partial charge in [-0.2, -0.15) is 0 Å². The number of imide groups is 1. The number of nitrogens with one attached hydrogen (secondary N) is 2. The summed E-state index contributed by atoms with van der Waals surface area (Å²) in [6.07, 6.45) is 5.52. The minimum atomic E-state index is -0.593. The molecule has 1 aliphatic carbocycles. The van der Waals surface area contributed by atoms with Gasteiger partial charge in [0.15, 0.2) is 0 Å². The van der Waals surface area contributed by atoms with E-state index >= 15 is 0 Å². The molecule has 0 aromatic heterocycles. The smallest absolute Gasteiger partial charge is 0.333 e. The van der Waals surface area contributed by atoms with Gasteiger partial charge in [0.2, 0.25) is 11.8 Å². The number of alkyl halides is 1. The van der Waals surface area contributed by atoms with Crippen LogP contribution in [-0.2, 0) is 28.8 Å². The molecule has 2 rings (SSSR count). The second-order valence-corrected chi connectivity index (χ2v) is 8.16. The van der Waals surface area contributed by atoms with Crippen LogP contribution >= 0.6 is 22.6 Å². The number of nitrogens with zero attached hydrogens (tertiary/aromatic N) is 1. The van der Waals surface area contributed by atoms with Crippen LogP contribution in [0.1, 0.15) is 64.2 Å². The number of rotatable bonds is 10. The summed E-state index contributed by atoms with van der Waals surface area (Å²) < 4.78 is 0.449. The molecule has 2 N–H and O–H groups in total. The number of carbonyl (C=O) groups is 5. The van der Waals surface area contributed by atoms with Crippen molar-refractivity contribution in [1.82, 2.24) is 15.7 Å². The Kier molecular flexibility index (Phi) is 9.82. The molecule has 0 radical (unpaired) electrons. The highest BCUT2D eigenvalue weighted by Gasteiger charge is 2.32. The Morgan fingerprint density at radius 3 is 2.28 bits per heavy atom. The van der Waals surface area contributed by atoms with Crippen molar-refractivity contribution >= 4 is 52.2 Å². The van der Waals surface area contributed by atoms with Gasteiger partial charge in [-0.3, -0.25) is 19.2 Å². The average molecular weight is 521 g/mol. The second kappa shape index (κ2) is 12.1. The van der Waals surface area contributed by atoms with Crippen molar-refractivity contribution in [3.63, 3.8) is 0 Å².